The van der Waals surface area contributed by atoms with Crippen molar-refractivity contribution in [2.75, 3.05) is 12.4 Å². The zero-order valence-corrected chi connectivity index (χ0v) is 7.36. The third-order valence-corrected chi connectivity index (χ3v) is 1.72. The summed E-state index contributed by atoms with van der Waals surface area (Å²) < 4.78 is 15.0. The number of carbonyl (C=O) groups excluding carboxylic acids is 1. The van der Waals surface area contributed by atoms with Gasteiger partial charge in [-0.25, -0.2) is 4.21 Å². The van der Waals surface area contributed by atoms with Gasteiger partial charge in [0.1, 0.15) is 0 Å². The minimum Gasteiger partial charge on any atom is -0.466 e. The summed E-state index contributed by atoms with van der Waals surface area (Å²) in [5, 5.41) is 4.97. The van der Waals surface area contributed by atoms with Gasteiger partial charge in [0.05, 0.1) is 17.6 Å². The van der Waals surface area contributed by atoms with Crippen LogP contribution in [0.2, 0.25) is 0 Å². The average molecular weight is 179 g/mol. The Hall–Kier alpha value is -0.420. The molecular formula is C6H13NO3S. The summed E-state index contributed by atoms with van der Waals surface area (Å²) in [6.45, 7) is 2.14. The van der Waals surface area contributed by atoms with Gasteiger partial charge in [-0.3, -0.25) is 9.93 Å². The summed E-state index contributed by atoms with van der Waals surface area (Å²) in [5.74, 6) is 0.108. The molecule has 5 heteroatoms. The number of hydrogen-bond acceptors (Lipinski definition) is 3. The van der Waals surface area contributed by atoms with Crippen molar-refractivity contribution >= 4 is 17.0 Å². The van der Waals surface area contributed by atoms with Crippen LogP contribution in [0.5, 0.6) is 0 Å². The van der Waals surface area contributed by atoms with Crippen LogP contribution in [0.3, 0.4) is 0 Å². The second kappa shape index (κ2) is 6.30. The maximum Gasteiger partial charge on any atom is 0.305 e. The van der Waals surface area contributed by atoms with Gasteiger partial charge >= 0.3 is 5.97 Å². The molecule has 2 N–H and O–H groups in total. The highest BCUT2D eigenvalue weighted by Crippen LogP contribution is 1.92. The van der Waals surface area contributed by atoms with Crippen LogP contribution in [0, 0.1) is 0 Å². The first kappa shape index (κ1) is 10.6. The van der Waals surface area contributed by atoms with Crippen LogP contribution in [-0.2, 0) is 20.5 Å². The molecule has 0 aromatic carbocycles. The van der Waals surface area contributed by atoms with Gasteiger partial charge in [-0.2, -0.15) is 0 Å². The molecule has 1 unspecified atom stereocenters. The molecule has 0 spiro atoms. The van der Waals surface area contributed by atoms with Crippen LogP contribution in [-0.4, -0.2) is 22.5 Å². The zero-order valence-electron chi connectivity index (χ0n) is 6.54. The fraction of sp³-hybridized carbons (Fsp3) is 0.833. The van der Waals surface area contributed by atoms with E-state index in [1.54, 1.807) is 6.92 Å². The summed E-state index contributed by atoms with van der Waals surface area (Å²) >= 11 is 0. The molecule has 0 radical (unpaired) electrons. The number of nitrogens with two attached hydrogens (primary N) is 1. The lowest BCUT2D eigenvalue weighted by Crippen LogP contribution is -2.10. The molecule has 0 saturated heterocycles. The van der Waals surface area contributed by atoms with E-state index in [2.05, 4.69) is 4.74 Å². The molecule has 0 aromatic rings. The minimum atomic E-state index is -1.29. The van der Waals surface area contributed by atoms with Crippen LogP contribution >= 0.6 is 0 Å². The second-order valence-electron chi connectivity index (χ2n) is 1.99. The summed E-state index contributed by atoms with van der Waals surface area (Å²) in [7, 11) is -1.29. The highest BCUT2D eigenvalue weighted by atomic mass is 32.2. The molecule has 11 heavy (non-hydrogen) atoms. The van der Waals surface area contributed by atoms with E-state index in [1.807, 2.05) is 0 Å². The van der Waals surface area contributed by atoms with Gasteiger partial charge in [0.25, 0.3) is 0 Å². The Balaban J connectivity index is 3.24. The Morgan fingerprint density at radius 2 is 2.27 bits per heavy atom. The zero-order chi connectivity index (χ0) is 8.69. The quantitative estimate of drug-likeness (QED) is 0.602. The van der Waals surface area contributed by atoms with Crippen molar-refractivity contribution in [2.24, 2.45) is 5.14 Å². The molecule has 66 valence electrons. The van der Waals surface area contributed by atoms with Crippen molar-refractivity contribution in [3.8, 4) is 0 Å². The van der Waals surface area contributed by atoms with E-state index < -0.39 is 11.0 Å². The first-order chi connectivity index (χ1) is 5.16. The van der Waals surface area contributed by atoms with E-state index in [1.165, 1.54) is 0 Å². The predicted octanol–water partition coefficient (Wildman–Crippen LogP) is -0.0479. The fourth-order valence-corrected chi connectivity index (χ4v) is 1.02. The third-order valence-electron chi connectivity index (χ3n) is 1.03. The standard InChI is InChI=1S/C6H13NO3S/c1-2-10-6(8)4-3-5-11(7)9/h2-5,7H2,1H3. The lowest BCUT2D eigenvalue weighted by molar-refractivity contribution is -0.143. The van der Waals surface area contributed by atoms with Gasteiger partial charge in [0, 0.05) is 12.2 Å². The average Bonchev–Trinajstić information content (AvgIpc) is 1.87. The SMILES string of the molecule is CCOC(=O)CCCS(N)=O. The van der Waals surface area contributed by atoms with E-state index >= 15 is 0 Å². The summed E-state index contributed by atoms with van der Waals surface area (Å²) in [6, 6.07) is 0. The first-order valence-corrected chi connectivity index (χ1v) is 4.83. The molecule has 4 nitrogen and oxygen atoms in total. The largest absolute Gasteiger partial charge is 0.466 e. The third kappa shape index (κ3) is 7.48. The topological polar surface area (TPSA) is 69.4 Å². The highest BCUT2D eigenvalue weighted by Gasteiger charge is 2.01. The van der Waals surface area contributed by atoms with Gasteiger partial charge in [0.15, 0.2) is 0 Å². The monoisotopic (exact) mass is 179 g/mol. The molecular weight excluding hydrogens is 166 g/mol. The molecule has 0 fully saturated rings. The van der Waals surface area contributed by atoms with E-state index in [4.69, 9.17) is 5.14 Å². The van der Waals surface area contributed by atoms with E-state index in [0.29, 0.717) is 25.2 Å². The first-order valence-electron chi connectivity index (χ1n) is 3.45. The van der Waals surface area contributed by atoms with Gasteiger partial charge in [-0.1, -0.05) is 0 Å². The molecule has 0 aliphatic carbocycles. The smallest absolute Gasteiger partial charge is 0.305 e. The van der Waals surface area contributed by atoms with Crippen molar-refractivity contribution in [3.63, 3.8) is 0 Å². The molecule has 0 aliphatic heterocycles. The summed E-state index contributed by atoms with van der Waals surface area (Å²) in [4.78, 5) is 10.7. The van der Waals surface area contributed by atoms with Crippen molar-refractivity contribution < 1.29 is 13.7 Å². The lowest BCUT2D eigenvalue weighted by atomic mass is 10.3. The Kier molecular flexibility index (Phi) is 6.06. The number of esters is 1. The molecule has 0 rings (SSSR count). The Labute approximate surface area is 68.7 Å². The number of rotatable bonds is 5. The Bertz CT molecular complexity index is 149. The Morgan fingerprint density at radius 1 is 1.64 bits per heavy atom. The summed E-state index contributed by atoms with van der Waals surface area (Å²) in [6.07, 6.45) is 0.832. The van der Waals surface area contributed by atoms with Gasteiger partial charge in [-0.05, 0) is 13.3 Å². The molecule has 1 atom stereocenters. The predicted molar refractivity (Wildman–Crippen MR) is 43.1 cm³/mol. The molecule has 0 saturated carbocycles. The van der Waals surface area contributed by atoms with Crippen molar-refractivity contribution in [3.05, 3.63) is 0 Å². The van der Waals surface area contributed by atoms with Gasteiger partial charge in [-0.15, -0.1) is 0 Å². The molecule has 0 bridgehead atoms. The van der Waals surface area contributed by atoms with E-state index in [9.17, 15) is 9.00 Å². The highest BCUT2D eigenvalue weighted by molar-refractivity contribution is 7.82. The summed E-state index contributed by atoms with van der Waals surface area (Å²) in [5.41, 5.74) is 0. The van der Waals surface area contributed by atoms with Crippen molar-refractivity contribution in [1.82, 2.24) is 0 Å². The second-order valence-corrected chi connectivity index (χ2v) is 3.16. The molecule has 0 amide bonds. The van der Waals surface area contributed by atoms with Crippen LogP contribution in [0.15, 0.2) is 0 Å². The minimum absolute atomic E-state index is 0.252. The van der Waals surface area contributed by atoms with Gasteiger partial charge in [0.2, 0.25) is 0 Å². The normalized spacial score (nSPS) is 12.5. The van der Waals surface area contributed by atoms with Crippen LogP contribution in [0.25, 0.3) is 0 Å². The molecule has 0 aromatic heterocycles. The van der Waals surface area contributed by atoms with Crippen LogP contribution < -0.4 is 5.14 Å². The molecule has 0 heterocycles. The van der Waals surface area contributed by atoms with Crippen molar-refractivity contribution in [2.45, 2.75) is 19.8 Å². The fourth-order valence-electron chi connectivity index (χ4n) is 0.592. The number of carbonyl (C=O) groups is 1. The van der Waals surface area contributed by atoms with Crippen molar-refractivity contribution in [1.29, 1.82) is 0 Å². The van der Waals surface area contributed by atoms with Crippen LogP contribution in [0.1, 0.15) is 19.8 Å². The van der Waals surface area contributed by atoms with E-state index in [-0.39, 0.29) is 5.97 Å². The lowest BCUT2D eigenvalue weighted by Gasteiger charge is -1.99. The van der Waals surface area contributed by atoms with Gasteiger partial charge < -0.3 is 4.74 Å². The maximum absolute atomic E-state index is 10.7. The molecule has 0 aliphatic rings. The van der Waals surface area contributed by atoms with Crippen LogP contribution in [0.4, 0.5) is 0 Å². The maximum atomic E-state index is 10.7. The van der Waals surface area contributed by atoms with E-state index in [0.717, 1.165) is 0 Å². The Morgan fingerprint density at radius 3 is 2.73 bits per heavy atom. The number of hydrogen-bond donors (Lipinski definition) is 1. The number of ether oxygens (including phenoxy) is 1.